The van der Waals surface area contributed by atoms with Gasteiger partial charge in [-0.25, -0.2) is 0 Å². The highest BCUT2D eigenvalue weighted by molar-refractivity contribution is 9.06. The molecule has 0 atom stereocenters. The maximum Gasteiger partial charge on any atom is 0.145 e. The molecule has 0 heterocycles. The summed E-state index contributed by atoms with van der Waals surface area (Å²) in [5.74, 6) is 0. The molecule has 0 aliphatic heterocycles. The predicted molar refractivity (Wildman–Crippen MR) is 31.8 cm³/mol. The summed E-state index contributed by atoms with van der Waals surface area (Å²) in [6.45, 7) is 1.06. The number of rotatable bonds is 5. The van der Waals surface area contributed by atoms with Crippen LogP contribution in [0, 0.1) is 0 Å². The Balaban J connectivity index is 2.62. The number of aldehydes is 1. The Morgan fingerprint density at radius 3 is 2.75 bits per heavy atom. The second kappa shape index (κ2) is 7.07. The van der Waals surface area contributed by atoms with Crippen molar-refractivity contribution in [3.8, 4) is 0 Å². The first kappa shape index (κ1) is 8.07. The molecular weight excluding hydrogens is 176 g/mol. The van der Waals surface area contributed by atoms with Crippen LogP contribution < -0.4 is 0 Å². The lowest BCUT2D eigenvalue weighted by molar-refractivity contribution is -0.112. The molecule has 4 heteroatoms. The van der Waals surface area contributed by atoms with Crippen molar-refractivity contribution in [3.05, 3.63) is 0 Å². The smallest absolute Gasteiger partial charge is 0.145 e. The molecule has 0 amide bonds. The van der Waals surface area contributed by atoms with Crippen molar-refractivity contribution in [2.24, 2.45) is 0 Å². The first-order valence-electron chi connectivity index (χ1n) is 2.16. The molecule has 0 aromatic heterocycles. The van der Waals surface area contributed by atoms with Gasteiger partial charge in [-0.3, -0.25) is 0 Å². The zero-order valence-corrected chi connectivity index (χ0v) is 5.89. The maximum atomic E-state index is 9.59. The number of ether oxygens (including phenoxy) is 1. The van der Waals surface area contributed by atoms with E-state index in [4.69, 9.17) is 4.74 Å². The van der Waals surface area contributed by atoms with Gasteiger partial charge in [0.15, 0.2) is 0 Å². The average Bonchev–Trinajstić information content (AvgIpc) is 1.81. The van der Waals surface area contributed by atoms with Crippen molar-refractivity contribution in [1.29, 1.82) is 0 Å². The van der Waals surface area contributed by atoms with Crippen molar-refractivity contribution < 1.29 is 13.4 Å². The van der Waals surface area contributed by atoms with Gasteiger partial charge < -0.3 is 13.4 Å². The van der Waals surface area contributed by atoms with E-state index < -0.39 is 0 Å². The minimum Gasteiger partial charge on any atom is -0.372 e. The summed E-state index contributed by atoms with van der Waals surface area (Å²) in [5.41, 5.74) is 0. The monoisotopic (exact) mass is 182 g/mol. The molecule has 0 aliphatic rings. The molecule has 0 aromatic rings. The van der Waals surface area contributed by atoms with Gasteiger partial charge in [0.25, 0.3) is 0 Å². The van der Waals surface area contributed by atoms with Crippen molar-refractivity contribution >= 4 is 22.5 Å². The van der Waals surface area contributed by atoms with Crippen LogP contribution in [-0.2, 0) is 13.4 Å². The van der Waals surface area contributed by atoms with Crippen LogP contribution in [0.3, 0.4) is 0 Å². The molecule has 0 fully saturated rings. The summed E-state index contributed by atoms with van der Waals surface area (Å²) < 4.78 is 9.16. The summed E-state index contributed by atoms with van der Waals surface area (Å²) in [7, 11) is 0. The Morgan fingerprint density at radius 1 is 1.50 bits per heavy atom. The summed E-state index contributed by atoms with van der Waals surface area (Å²) in [4.78, 5) is 9.59. The number of hydrogen-bond donors (Lipinski definition) is 0. The Morgan fingerprint density at radius 2 is 2.25 bits per heavy atom. The fourth-order valence-corrected chi connectivity index (χ4v) is 0.354. The molecule has 0 N–H and O–H groups in total. The molecule has 8 heavy (non-hydrogen) atoms. The van der Waals surface area contributed by atoms with E-state index in [9.17, 15) is 4.79 Å². The van der Waals surface area contributed by atoms with Crippen LogP contribution in [0.25, 0.3) is 0 Å². The summed E-state index contributed by atoms with van der Waals surface area (Å²) in [5, 5.41) is 0. The van der Waals surface area contributed by atoms with Crippen LogP contribution in [0.2, 0.25) is 0 Å². The van der Waals surface area contributed by atoms with E-state index in [1.54, 1.807) is 0 Å². The van der Waals surface area contributed by atoms with Gasteiger partial charge in [-0.15, -0.1) is 0 Å². The quantitative estimate of drug-likeness (QED) is 0.460. The van der Waals surface area contributed by atoms with Crippen molar-refractivity contribution in [1.82, 2.24) is 0 Å². The van der Waals surface area contributed by atoms with E-state index in [0.29, 0.717) is 19.5 Å². The molecule has 0 rings (SSSR count). The Kier molecular flexibility index (Phi) is 7.13. The molecule has 0 saturated carbocycles. The van der Waals surface area contributed by atoms with Crippen LogP contribution in [0.5, 0.6) is 0 Å². The van der Waals surface area contributed by atoms with Gasteiger partial charge in [-0.2, -0.15) is 0 Å². The molecule has 0 bridgehead atoms. The number of hydrogen-bond acceptors (Lipinski definition) is 3. The number of halogens is 1. The highest BCUT2D eigenvalue weighted by Gasteiger charge is 1.82. The second-order valence-corrected chi connectivity index (χ2v) is 1.51. The van der Waals surface area contributed by atoms with Crippen molar-refractivity contribution in [3.63, 3.8) is 0 Å². The third-order valence-electron chi connectivity index (χ3n) is 0.491. The highest BCUT2D eigenvalue weighted by Crippen LogP contribution is 1.82. The summed E-state index contributed by atoms with van der Waals surface area (Å²) in [6.07, 6.45) is 0.703. The normalized spacial score (nSPS) is 9.12. The van der Waals surface area contributed by atoms with Gasteiger partial charge in [0.2, 0.25) is 0 Å². The third kappa shape index (κ3) is 6.07. The zero-order valence-electron chi connectivity index (χ0n) is 4.30. The molecule has 48 valence electrons. The van der Waals surface area contributed by atoms with Crippen LogP contribution in [0.4, 0.5) is 0 Å². The first-order valence-corrected chi connectivity index (χ1v) is 2.81. The molecule has 0 saturated heterocycles. The van der Waals surface area contributed by atoms with E-state index in [0.717, 1.165) is 0 Å². The fraction of sp³-hybridized carbons (Fsp3) is 0.750. The van der Waals surface area contributed by atoms with Gasteiger partial charge in [-0.05, 0) is 0 Å². The number of carbonyl (C=O) groups is 1. The summed E-state index contributed by atoms with van der Waals surface area (Å²) in [6, 6.07) is 0. The molecule has 0 unspecified atom stereocenters. The lowest BCUT2D eigenvalue weighted by Gasteiger charge is -1.93. The van der Waals surface area contributed by atoms with Gasteiger partial charge in [0, 0.05) is 0 Å². The summed E-state index contributed by atoms with van der Waals surface area (Å²) >= 11 is 2.73. The van der Waals surface area contributed by atoms with Gasteiger partial charge in [0.05, 0.1) is 29.5 Å². The third-order valence-corrected chi connectivity index (χ3v) is 0.814. The standard InChI is InChI=1S/C4H7BrO3/c5-8-4-3-7-2-1-6/h1H,2-4H2. The Bertz CT molecular complexity index is 57.2. The molecule has 3 nitrogen and oxygen atoms in total. The lowest BCUT2D eigenvalue weighted by atomic mass is 10.7. The topological polar surface area (TPSA) is 35.5 Å². The minimum absolute atomic E-state index is 0.149. The van der Waals surface area contributed by atoms with E-state index in [-0.39, 0.29) is 6.61 Å². The predicted octanol–water partition coefficient (Wildman–Crippen LogP) is 0.528. The molecular formula is C4H7BrO3. The second-order valence-electron chi connectivity index (χ2n) is 1.05. The first-order chi connectivity index (χ1) is 3.91. The largest absolute Gasteiger partial charge is 0.372 e. The number of carbonyl (C=O) groups excluding carboxylic acids is 1. The van der Waals surface area contributed by atoms with Gasteiger partial charge in [-0.1, -0.05) is 0 Å². The van der Waals surface area contributed by atoms with E-state index >= 15 is 0 Å². The van der Waals surface area contributed by atoms with Crippen LogP contribution in [0.15, 0.2) is 0 Å². The fourth-order valence-electron chi connectivity index (χ4n) is 0.222. The van der Waals surface area contributed by atoms with Crippen molar-refractivity contribution in [2.75, 3.05) is 19.8 Å². The maximum absolute atomic E-state index is 9.59. The lowest BCUT2D eigenvalue weighted by Crippen LogP contribution is -2.01. The Labute approximate surface area is 56.4 Å². The van der Waals surface area contributed by atoms with E-state index in [1.807, 2.05) is 0 Å². The van der Waals surface area contributed by atoms with Crippen LogP contribution in [-0.4, -0.2) is 26.1 Å². The molecule has 0 aliphatic carbocycles. The van der Waals surface area contributed by atoms with Crippen molar-refractivity contribution in [2.45, 2.75) is 0 Å². The van der Waals surface area contributed by atoms with Crippen LogP contribution in [0.1, 0.15) is 0 Å². The van der Waals surface area contributed by atoms with Crippen LogP contribution >= 0.6 is 16.3 Å². The van der Waals surface area contributed by atoms with E-state index in [2.05, 4.69) is 20.1 Å². The SMILES string of the molecule is O=CCOCCOBr. The highest BCUT2D eigenvalue weighted by atomic mass is 79.9. The minimum atomic E-state index is 0.149. The van der Waals surface area contributed by atoms with Gasteiger partial charge in [0.1, 0.15) is 12.9 Å². The Hall–Kier alpha value is 0.0700. The molecule has 0 aromatic carbocycles. The van der Waals surface area contributed by atoms with E-state index in [1.165, 1.54) is 0 Å². The molecule has 0 spiro atoms. The average molecular weight is 183 g/mol. The molecule has 0 radical (unpaired) electrons. The zero-order chi connectivity index (χ0) is 6.24. The van der Waals surface area contributed by atoms with Gasteiger partial charge >= 0.3 is 0 Å².